The van der Waals surface area contributed by atoms with Crippen LogP contribution in [0.2, 0.25) is 0 Å². The number of phosphoric acid groups is 1. The second-order valence-electron chi connectivity index (χ2n) is 10.7. The highest BCUT2D eigenvalue weighted by molar-refractivity contribution is 7.47. The molecule has 19 heteroatoms. The number of anilines is 2. The molecule has 224 valence electrons. The van der Waals surface area contributed by atoms with Crippen LogP contribution in [0.3, 0.4) is 0 Å². The number of ether oxygens (including phenoxy) is 2. The number of nitrogens with two attached hydrogens (primary N) is 2. The van der Waals surface area contributed by atoms with Crippen LogP contribution in [-0.2, 0) is 23.1 Å². The van der Waals surface area contributed by atoms with Crippen LogP contribution in [0.4, 0.5) is 11.8 Å². The highest BCUT2D eigenvalue weighted by Gasteiger charge is 2.50. The molecule has 0 aliphatic carbocycles. The summed E-state index contributed by atoms with van der Waals surface area (Å²) in [5.74, 6) is -0.387. The number of hydrogen-bond acceptors (Lipinski definition) is 14. The molecular formula is C23H29N10O8P. The number of nitrogens with zero attached hydrogens (tertiary/aromatic N) is 7. The molecule has 9 atom stereocenters. The van der Waals surface area contributed by atoms with E-state index in [-0.39, 0.29) is 35.5 Å². The van der Waals surface area contributed by atoms with E-state index in [1.165, 1.54) is 23.5 Å². The molecule has 7 rings (SSSR count). The molecule has 7 N–H and O–H groups in total. The van der Waals surface area contributed by atoms with E-state index in [0.29, 0.717) is 30.4 Å². The lowest BCUT2D eigenvalue weighted by Crippen LogP contribution is -2.34. The minimum atomic E-state index is -4.70. The maximum absolute atomic E-state index is 13.3. The summed E-state index contributed by atoms with van der Waals surface area (Å²) in [7, 11) is -4.70. The van der Waals surface area contributed by atoms with Gasteiger partial charge in [-0.15, -0.1) is 0 Å². The van der Waals surface area contributed by atoms with Gasteiger partial charge in [0.05, 0.1) is 31.0 Å². The Balaban J connectivity index is 1.17. The first kappa shape index (κ1) is 27.3. The number of H-pyrrole nitrogens is 1. The van der Waals surface area contributed by atoms with Gasteiger partial charge in [0.2, 0.25) is 5.95 Å². The Hall–Kier alpha value is -3.51. The van der Waals surface area contributed by atoms with Crippen LogP contribution in [-0.4, -0.2) is 79.6 Å². The fourth-order valence-corrected chi connectivity index (χ4v) is 7.37. The Morgan fingerprint density at radius 2 is 1.79 bits per heavy atom. The highest BCUT2D eigenvalue weighted by Crippen LogP contribution is 2.53. The van der Waals surface area contributed by atoms with Gasteiger partial charge < -0.3 is 30.9 Å². The molecule has 4 aromatic rings. The summed E-state index contributed by atoms with van der Waals surface area (Å²) in [4.78, 5) is 46.3. The van der Waals surface area contributed by atoms with Crippen molar-refractivity contribution in [3.05, 3.63) is 29.3 Å². The van der Waals surface area contributed by atoms with Crippen molar-refractivity contribution in [3.63, 3.8) is 0 Å². The van der Waals surface area contributed by atoms with E-state index < -0.39 is 56.2 Å². The molecule has 0 spiro atoms. The zero-order valence-corrected chi connectivity index (χ0v) is 23.2. The molecule has 0 radical (unpaired) electrons. The van der Waals surface area contributed by atoms with E-state index in [1.54, 1.807) is 11.5 Å². The quantitative estimate of drug-likeness (QED) is 0.194. The molecule has 42 heavy (non-hydrogen) atoms. The second-order valence-corrected chi connectivity index (χ2v) is 12.1. The number of nitrogens with one attached hydrogen (secondary N) is 1. The van der Waals surface area contributed by atoms with Crippen molar-refractivity contribution in [2.45, 2.75) is 75.6 Å². The minimum Gasteiger partial charge on any atom is -0.388 e. The Labute approximate surface area is 236 Å². The third kappa shape index (κ3) is 4.55. The van der Waals surface area contributed by atoms with Gasteiger partial charge >= 0.3 is 7.82 Å². The number of phosphoric ester groups is 1. The van der Waals surface area contributed by atoms with Gasteiger partial charge in [-0.05, 0) is 19.8 Å². The first-order valence-electron chi connectivity index (χ1n) is 13.4. The zero-order chi connectivity index (χ0) is 29.3. The molecule has 0 amide bonds. The summed E-state index contributed by atoms with van der Waals surface area (Å²) in [5, 5.41) is 11.4. The van der Waals surface area contributed by atoms with Crippen molar-refractivity contribution in [1.29, 1.82) is 0 Å². The number of fused-ring (bicyclic) bond motifs is 5. The van der Waals surface area contributed by atoms with Gasteiger partial charge in [-0.3, -0.25) is 28.0 Å². The second kappa shape index (κ2) is 10.0. The van der Waals surface area contributed by atoms with Gasteiger partial charge in [-0.2, -0.15) is 4.98 Å². The number of aliphatic hydroxyl groups excluding tert-OH is 1. The minimum absolute atomic E-state index is 0.0401. The summed E-state index contributed by atoms with van der Waals surface area (Å²) in [6, 6.07) is 0. The number of nitrogen functional groups attached to an aromatic ring is 2. The van der Waals surface area contributed by atoms with Crippen molar-refractivity contribution in [2.24, 2.45) is 5.92 Å². The molecule has 3 saturated heterocycles. The van der Waals surface area contributed by atoms with Gasteiger partial charge in [0.1, 0.15) is 24.1 Å². The number of aromatic amines is 1. The third-order valence-electron chi connectivity index (χ3n) is 8.07. The van der Waals surface area contributed by atoms with Crippen LogP contribution in [0.15, 0.2) is 23.8 Å². The summed E-state index contributed by atoms with van der Waals surface area (Å²) < 4.78 is 40.1. The maximum atomic E-state index is 13.3. The number of hydrogen-bond donors (Lipinski definition) is 5. The number of aliphatic hydroxyl groups is 1. The first-order valence-corrected chi connectivity index (χ1v) is 14.9. The van der Waals surface area contributed by atoms with Gasteiger partial charge in [-0.25, -0.2) is 24.5 Å². The average Bonchev–Trinajstić information content (AvgIpc) is 3.69. The Bertz CT molecular complexity index is 1760. The van der Waals surface area contributed by atoms with Crippen molar-refractivity contribution < 1.29 is 33.1 Å². The monoisotopic (exact) mass is 604 g/mol. The molecule has 0 saturated carbocycles. The Kier molecular flexibility index (Phi) is 6.54. The predicted molar refractivity (Wildman–Crippen MR) is 143 cm³/mol. The van der Waals surface area contributed by atoms with Crippen LogP contribution in [0.1, 0.15) is 45.1 Å². The van der Waals surface area contributed by atoms with Gasteiger partial charge in [0, 0.05) is 12.3 Å². The lowest BCUT2D eigenvalue weighted by Gasteiger charge is -2.28. The lowest BCUT2D eigenvalue weighted by molar-refractivity contribution is -0.0767. The third-order valence-corrected chi connectivity index (χ3v) is 9.21. The predicted octanol–water partition coefficient (Wildman–Crippen LogP) is 0.361. The molecule has 3 aliphatic rings. The zero-order valence-electron chi connectivity index (χ0n) is 22.3. The fraction of sp³-hybridized carbons (Fsp3) is 0.565. The smallest absolute Gasteiger partial charge is 0.388 e. The van der Waals surface area contributed by atoms with Crippen LogP contribution in [0.5, 0.6) is 0 Å². The number of aromatic nitrogens is 8. The molecule has 3 aliphatic heterocycles. The van der Waals surface area contributed by atoms with Crippen LogP contribution < -0.4 is 17.0 Å². The molecule has 2 unspecified atom stereocenters. The van der Waals surface area contributed by atoms with Gasteiger partial charge in [0.15, 0.2) is 35.1 Å². The van der Waals surface area contributed by atoms with Gasteiger partial charge in [0.25, 0.3) is 5.56 Å². The molecule has 3 fully saturated rings. The molecular weight excluding hydrogens is 575 g/mol. The molecule has 4 aromatic heterocycles. The maximum Gasteiger partial charge on any atom is 0.472 e. The SMILES string of the molecule is C[C@@H]1OP(=O)(O)O[C@@H]2CC(CCC[C@H]3[C@@H](O)[C@H](n4cnc5c(N)ncnc54)O[C@H]31)O[C@H]2n1cnc2c(=O)[nH]c(N)nc21. The lowest BCUT2D eigenvalue weighted by atomic mass is 9.89. The van der Waals surface area contributed by atoms with Crippen LogP contribution in [0, 0.1) is 5.92 Å². The topological polar surface area (TPSA) is 254 Å². The summed E-state index contributed by atoms with van der Waals surface area (Å²) in [5.41, 5.74) is 12.1. The first-order chi connectivity index (χ1) is 20.1. The molecule has 18 nitrogen and oxygen atoms in total. The summed E-state index contributed by atoms with van der Waals surface area (Å²) in [6.45, 7) is 1.59. The van der Waals surface area contributed by atoms with E-state index in [1.807, 2.05) is 0 Å². The van der Waals surface area contributed by atoms with Crippen molar-refractivity contribution >= 4 is 41.9 Å². The normalized spacial score (nSPS) is 35.7. The van der Waals surface area contributed by atoms with Crippen molar-refractivity contribution in [3.8, 4) is 0 Å². The number of imidazole rings is 2. The number of rotatable bonds is 2. The van der Waals surface area contributed by atoms with E-state index in [4.69, 9.17) is 30.0 Å². The van der Waals surface area contributed by atoms with Crippen LogP contribution in [0.25, 0.3) is 22.3 Å². The molecule has 2 bridgehead atoms. The molecule has 7 heterocycles. The van der Waals surface area contributed by atoms with Crippen LogP contribution >= 0.6 is 7.82 Å². The summed E-state index contributed by atoms with van der Waals surface area (Å²) in [6.07, 6.45) is 0.208. The van der Waals surface area contributed by atoms with E-state index >= 15 is 0 Å². The highest BCUT2D eigenvalue weighted by atomic mass is 31.2. The Morgan fingerprint density at radius 1 is 1.02 bits per heavy atom. The van der Waals surface area contributed by atoms with Crippen molar-refractivity contribution in [1.82, 2.24) is 39.0 Å². The van der Waals surface area contributed by atoms with E-state index in [0.717, 1.165) is 0 Å². The van der Waals surface area contributed by atoms with Crippen molar-refractivity contribution in [2.75, 3.05) is 11.5 Å². The fourth-order valence-electron chi connectivity index (χ4n) is 6.25. The average molecular weight is 605 g/mol. The largest absolute Gasteiger partial charge is 0.472 e. The van der Waals surface area contributed by atoms with E-state index in [2.05, 4.69) is 29.9 Å². The standard InChI is InChI=1S/C23H29N10O8P/c1-9-16-11(15(34)22(39-16)32-7-28-13-17(24)26-6-27-18(13)32)4-2-3-10-5-12(41-42(36,37)40-9)21(38-10)33-8-29-14-19(33)30-23(25)31-20(14)35/h6-12,15-16,21-22,34H,2-5H2,1H3,(H,36,37)(H2,24,26,27)(H3,25,30,31,35)/t9-,10?,11-,12+,15+,16-,21+,22+/m0/s1. The molecule has 0 aromatic carbocycles. The summed E-state index contributed by atoms with van der Waals surface area (Å²) >= 11 is 0. The van der Waals surface area contributed by atoms with Gasteiger partial charge in [-0.1, -0.05) is 6.42 Å². The Morgan fingerprint density at radius 3 is 2.60 bits per heavy atom. The van der Waals surface area contributed by atoms with E-state index in [9.17, 15) is 19.4 Å².